The van der Waals surface area contributed by atoms with Gasteiger partial charge in [0.25, 0.3) is 0 Å². The van der Waals surface area contributed by atoms with Crippen molar-refractivity contribution >= 4 is 41.5 Å². The Morgan fingerprint density at radius 2 is 1.87 bits per heavy atom. The largest absolute Gasteiger partial charge is 0.493 e. The summed E-state index contributed by atoms with van der Waals surface area (Å²) in [5.74, 6) is 1.74. The molecule has 1 fully saturated rings. The van der Waals surface area contributed by atoms with Crippen molar-refractivity contribution < 1.29 is 14.2 Å². The molecule has 1 saturated heterocycles. The van der Waals surface area contributed by atoms with Gasteiger partial charge in [-0.15, -0.1) is 24.0 Å². The number of ether oxygens (including phenoxy) is 3. The number of guanidine groups is 1. The van der Waals surface area contributed by atoms with E-state index < -0.39 is 0 Å². The summed E-state index contributed by atoms with van der Waals surface area (Å²) in [5, 5.41) is 4.00. The molecule has 2 aromatic rings. The molecule has 0 radical (unpaired) electrons. The molecule has 9 heteroatoms. The van der Waals surface area contributed by atoms with Crippen molar-refractivity contribution in [3.63, 3.8) is 0 Å². The number of morpholine rings is 1. The van der Waals surface area contributed by atoms with Gasteiger partial charge < -0.3 is 25.3 Å². The van der Waals surface area contributed by atoms with Crippen LogP contribution in [0.15, 0.2) is 47.5 Å². The van der Waals surface area contributed by atoms with Gasteiger partial charge in [-0.05, 0) is 29.3 Å². The van der Waals surface area contributed by atoms with E-state index in [0.29, 0.717) is 43.8 Å². The summed E-state index contributed by atoms with van der Waals surface area (Å²) in [7, 11) is 3.22. The molecule has 1 unspecified atom stereocenters. The lowest BCUT2D eigenvalue weighted by Crippen LogP contribution is -2.45. The zero-order chi connectivity index (χ0) is 21.3. The van der Waals surface area contributed by atoms with Crippen LogP contribution in [0.4, 0.5) is 0 Å². The molecule has 1 heterocycles. The standard InChI is InChI=1S/C22H29ClN4O3.HI/c1-28-20-8-7-16(13-21(20)29-2)14-25-22(24)26-15-19(27-9-11-30-12-10-27)17-5-3-4-6-18(17)23;/h3-8,13,19H,9-12,14-15H2,1-2H3,(H3,24,25,26);1H. The number of aliphatic imine (C=N–C) groups is 1. The summed E-state index contributed by atoms with van der Waals surface area (Å²) in [4.78, 5) is 6.83. The Balaban J connectivity index is 0.00000341. The van der Waals surface area contributed by atoms with Gasteiger partial charge in [0.05, 0.1) is 40.0 Å². The predicted molar refractivity (Wildman–Crippen MR) is 135 cm³/mol. The first-order valence-electron chi connectivity index (χ1n) is 9.93. The van der Waals surface area contributed by atoms with Gasteiger partial charge >= 0.3 is 0 Å². The second kappa shape index (κ2) is 12.9. The molecular weight excluding hydrogens is 531 g/mol. The fourth-order valence-electron chi connectivity index (χ4n) is 3.48. The first kappa shape index (κ1) is 25.5. The highest BCUT2D eigenvalue weighted by Crippen LogP contribution is 2.28. The Labute approximate surface area is 205 Å². The van der Waals surface area contributed by atoms with Gasteiger partial charge in [-0.2, -0.15) is 0 Å². The maximum Gasteiger partial charge on any atom is 0.188 e. The lowest BCUT2D eigenvalue weighted by molar-refractivity contribution is 0.0170. The fourth-order valence-corrected chi connectivity index (χ4v) is 3.74. The average molecular weight is 561 g/mol. The van der Waals surface area contributed by atoms with E-state index in [1.807, 2.05) is 36.4 Å². The summed E-state index contributed by atoms with van der Waals surface area (Å²) in [6.45, 7) is 4.16. The number of nitrogens with zero attached hydrogens (tertiary/aromatic N) is 2. The second-order valence-electron chi connectivity index (χ2n) is 6.96. The quantitative estimate of drug-likeness (QED) is 0.293. The zero-order valence-corrected chi connectivity index (χ0v) is 20.9. The molecule has 1 aliphatic heterocycles. The molecule has 7 nitrogen and oxygen atoms in total. The minimum Gasteiger partial charge on any atom is -0.493 e. The minimum atomic E-state index is 0. The van der Waals surface area contributed by atoms with Crippen LogP contribution < -0.4 is 20.5 Å². The van der Waals surface area contributed by atoms with Crippen LogP contribution in [0.1, 0.15) is 17.2 Å². The Morgan fingerprint density at radius 3 is 2.55 bits per heavy atom. The second-order valence-corrected chi connectivity index (χ2v) is 7.36. The van der Waals surface area contributed by atoms with Crippen LogP contribution >= 0.6 is 35.6 Å². The summed E-state index contributed by atoms with van der Waals surface area (Å²) >= 11 is 6.48. The van der Waals surface area contributed by atoms with Gasteiger partial charge in [0.1, 0.15) is 0 Å². The van der Waals surface area contributed by atoms with Crippen LogP contribution in [0.3, 0.4) is 0 Å². The molecule has 0 aromatic heterocycles. The van der Waals surface area contributed by atoms with Crippen LogP contribution in [0.25, 0.3) is 0 Å². The highest BCUT2D eigenvalue weighted by molar-refractivity contribution is 14.0. The number of halogens is 2. The zero-order valence-electron chi connectivity index (χ0n) is 17.8. The number of benzene rings is 2. The number of hydrogen-bond donors (Lipinski definition) is 2. The Bertz CT molecular complexity index is 862. The predicted octanol–water partition coefficient (Wildman–Crippen LogP) is 3.45. The van der Waals surface area contributed by atoms with Crippen LogP contribution in [0, 0.1) is 0 Å². The fraction of sp³-hybridized carbons (Fsp3) is 0.409. The third-order valence-corrected chi connectivity index (χ3v) is 5.45. The lowest BCUT2D eigenvalue weighted by atomic mass is 10.0. The van der Waals surface area contributed by atoms with Crippen LogP contribution in [0.2, 0.25) is 5.02 Å². The van der Waals surface area contributed by atoms with Gasteiger partial charge in [-0.1, -0.05) is 35.9 Å². The average Bonchev–Trinajstić information content (AvgIpc) is 2.79. The smallest absolute Gasteiger partial charge is 0.188 e. The molecule has 2 aromatic carbocycles. The number of methoxy groups -OCH3 is 2. The SMILES string of the molecule is COc1ccc(CN=C(N)NCC(c2ccccc2Cl)N2CCOCC2)cc1OC.I. The van der Waals surface area contributed by atoms with E-state index in [9.17, 15) is 0 Å². The minimum absolute atomic E-state index is 0. The van der Waals surface area contributed by atoms with Crippen LogP contribution in [-0.4, -0.2) is 57.9 Å². The van der Waals surface area contributed by atoms with E-state index in [2.05, 4.69) is 21.3 Å². The van der Waals surface area contributed by atoms with Crippen LogP contribution in [-0.2, 0) is 11.3 Å². The van der Waals surface area contributed by atoms with Crippen LogP contribution in [0.5, 0.6) is 11.5 Å². The Kier molecular flexibility index (Phi) is 10.7. The topological polar surface area (TPSA) is 81.3 Å². The lowest BCUT2D eigenvalue weighted by Gasteiger charge is -2.35. The Hall–Kier alpha value is -1.75. The summed E-state index contributed by atoms with van der Waals surface area (Å²) in [5.41, 5.74) is 8.20. The number of rotatable bonds is 8. The van der Waals surface area contributed by atoms with E-state index in [-0.39, 0.29) is 30.0 Å². The van der Waals surface area contributed by atoms with Gasteiger partial charge in [0.2, 0.25) is 0 Å². The third-order valence-electron chi connectivity index (χ3n) is 5.11. The van der Waals surface area contributed by atoms with Crippen molar-refractivity contribution in [2.75, 3.05) is 47.1 Å². The first-order valence-corrected chi connectivity index (χ1v) is 10.3. The molecule has 170 valence electrons. The monoisotopic (exact) mass is 560 g/mol. The maximum absolute atomic E-state index is 6.48. The molecule has 0 amide bonds. The molecule has 3 N–H and O–H groups in total. The highest BCUT2D eigenvalue weighted by atomic mass is 127. The van der Waals surface area contributed by atoms with Crippen molar-refractivity contribution in [2.45, 2.75) is 12.6 Å². The number of nitrogens with two attached hydrogens (primary N) is 1. The highest BCUT2D eigenvalue weighted by Gasteiger charge is 2.24. The first-order chi connectivity index (χ1) is 14.6. The molecular formula is C22H30ClIN4O3. The molecule has 1 aliphatic rings. The third kappa shape index (κ3) is 7.13. The number of nitrogens with one attached hydrogen (secondary N) is 1. The summed E-state index contributed by atoms with van der Waals surface area (Å²) in [6.07, 6.45) is 0. The molecule has 0 spiro atoms. The van der Waals surface area contributed by atoms with Crippen molar-refractivity contribution in [2.24, 2.45) is 10.7 Å². The number of hydrogen-bond acceptors (Lipinski definition) is 5. The van der Waals surface area contributed by atoms with Gasteiger partial charge in [-0.25, -0.2) is 4.99 Å². The molecule has 0 bridgehead atoms. The van der Waals surface area contributed by atoms with E-state index in [0.717, 1.165) is 29.2 Å². The van der Waals surface area contributed by atoms with Crippen molar-refractivity contribution in [3.05, 3.63) is 58.6 Å². The van der Waals surface area contributed by atoms with Crippen molar-refractivity contribution in [1.82, 2.24) is 10.2 Å². The molecule has 0 saturated carbocycles. The molecule has 1 atom stereocenters. The van der Waals surface area contributed by atoms with E-state index in [1.165, 1.54) is 0 Å². The normalized spacial score (nSPS) is 15.6. The maximum atomic E-state index is 6.48. The van der Waals surface area contributed by atoms with E-state index in [4.69, 9.17) is 31.5 Å². The molecule has 3 rings (SSSR count). The van der Waals surface area contributed by atoms with E-state index in [1.54, 1.807) is 14.2 Å². The molecule has 31 heavy (non-hydrogen) atoms. The van der Waals surface area contributed by atoms with Gasteiger partial charge in [-0.3, -0.25) is 4.90 Å². The van der Waals surface area contributed by atoms with Crippen molar-refractivity contribution in [3.8, 4) is 11.5 Å². The van der Waals surface area contributed by atoms with E-state index >= 15 is 0 Å². The van der Waals surface area contributed by atoms with Crippen molar-refractivity contribution in [1.29, 1.82) is 0 Å². The Morgan fingerprint density at radius 1 is 1.16 bits per heavy atom. The summed E-state index contributed by atoms with van der Waals surface area (Å²) in [6, 6.07) is 13.7. The molecule has 0 aliphatic carbocycles. The summed E-state index contributed by atoms with van der Waals surface area (Å²) < 4.78 is 16.1. The van der Waals surface area contributed by atoms with Gasteiger partial charge in [0, 0.05) is 24.7 Å². The van der Waals surface area contributed by atoms with Gasteiger partial charge in [0.15, 0.2) is 17.5 Å².